The monoisotopic (exact) mass is 261 g/mol. The van der Waals surface area contributed by atoms with Gasteiger partial charge in [0.15, 0.2) is 0 Å². The van der Waals surface area contributed by atoms with Crippen molar-refractivity contribution in [3.63, 3.8) is 0 Å². The standard InChI is InChI=1S/C13H11NO3S/c1-18-11-5-3-2-4-10(11)17-12-7-6-9(8-14-12)13(15)16/h2-8H,1H3,(H,15,16). The molecule has 0 aliphatic carbocycles. The predicted molar refractivity (Wildman–Crippen MR) is 69.5 cm³/mol. The summed E-state index contributed by atoms with van der Waals surface area (Å²) >= 11 is 1.58. The van der Waals surface area contributed by atoms with Gasteiger partial charge in [-0.05, 0) is 24.5 Å². The van der Waals surface area contributed by atoms with Crippen molar-refractivity contribution >= 4 is 17.7 Å². The van der Waals surface area contributed by atoms with Gasteiger partial charge in [0, 0.05) is 17.2 Å². The van der Waals surface area contributed by atoms with E-state index in [1.807, 2.05) is 30.5 Å². The van der Waals surface area contributed by atoms with Crippen molar-refractivity contribution in [2.24, 2.45) is 0 Å². The van der Waals surface area contributed by atoms with Gasteiger partial charge >= 0.3 is 5.97 Å². The van der Waals surface area contributed by atoms with Gasteiger partial charge in [0.05, 0.1) is 5.56 Å². The molecule has 2 rings (SSSR count). The smallest absolute Gasteiger partial charge is 0.337 e. The highest BCUT2D eigenvalue weighted by Crippen LogP contribution is 2.30. The lowest BCUT2D eigenvalue weighted by Crippen LogP contribution is -1.97. The van der Waals surface area contributed by atoms with Crippen LogP contribution in [-0.2, 0) is 0 Å². The fourth-order valence-electron chi connectivity index (χ4n) is 1.38. The van der Waals surface area contributed by atoms with E-state index in [0.717, 1.165) is 4.90 Å². The van der Waals surface area contributed by atoms with E-state index in [1.165, 1.54) is 12.3 Å². The minimum atomic E-state index is -1.00. The topological polar surface area (TPSA) is 59.4 Å². The van der Waals surface area contributed by atoms with E-state index in [0.29, 0.717) is 11.6 Å². The Kier molecular flexibility index (Phi) is 3.84. The highest BCUT2D eigenvalue weighted by molar-refractivity contribution is 7.98. The second kappa shape index (κ2) is 5.55. The number of pyridine rings is 1. The van der Waals surface area contributed by atoms with E-state index in [1.54, 1.807) is 17.8 Å². The number of rotatable bonds is 4. The summed E-state index contributed by atoms with van der Waals surface area (Å²) in [5, 5.41) is 8.76. The molecule has 4 nitrogen and oxygen atoms in total. The van der Waals surface area contributed by atoms with Gasteiger partial charge in [0.25, 0.3) is 0 Å². The summed E-state index contributed by atoms with van der Waals surface area (Å²) in [5.74, 6) is 0.0839. The van der Waals surface area contributed by atoms with Gasteiger partial charge in [-0.25, -0.2) is 9.78 Å². The van der Waals surface area contributed by atoms with Crippen LogP contribution in [0.1, 0.15) is 10.4 Å². The van der Waals surface area contributed by atoms with Gasteiger partial charge in [0.1, 0.15) is 5.75 Å². The van der Waals surface area contributed by atoms with Gasteiger partial charge < -0.3 is 9.84 Å². The Hall–Kier alpha value is -2.01. The van der Waals surface area contributed by atoms with Crippen molar-refractivity contribution in [2.75, 3.05) is 6.26 Å². The maximum Gasteiger partial charge on any atom is 0.337 e. The Bertz CT molecular complexity index is 554. The summed E-state index contributed by atoms with van der Waals surface area (Å²) in [7, 11) is 0. The summed E-state index contributed by atoms with van der Waals surface area (Å²) in [5.41, 5.74) is 0.139. The number of hydrogen-bond acceptors (Lipinski definition) is 4. The first-order chi connectivity index (χ1) is 8.70. The molecular formula is C13H11NO3S. The van der Waals surface area contributed by atoms with Crippen LogP contribution in [0.3, 0.4) is 0 Å². The number of hydrogen-bond donors (Lipinski definition) is 1. The third-order valence-electron chi connectivity index (χ3n) is 2.27. The maximum absolute atomic E-state index is 10.7. The number of carboxylic acids is 1. The van der Waals surface area contributed by atoms with Crippen LogP contribution in [0.25, 0.3) is 0 Å². The van der Waals surface area contributed by atoms with Gasteiger partial charge in [-0.1, -0.05) is 12.1 Å². The largest absolute Gasteiger partial charge is 0.478 e. The molecule has 92 valence electrons. The first kappa shape index (κ1) is 12.4. The second-order valence-electron chi connectivity index (χ2n) is 3.44. The summed E-state index contributed by atoms with van der Waals surface area (Å²) in [6, 6.07) is 10.6. The van der Waals surface area contributed by atoms with E-state index in [4.69, 9.17) is 9.84 Å². The van der Waals surface area contributed by atoms with Crippen molar-refractivity contribution in [3.8, 4) is 11.6 Å². The quantitative estimate of drug-likeness (QED) is 0.856. The molecule has 0 unspecified atom stereocenters. The molecule has 0 aliphatic heterocycles. The van der Waals surface area contributed by atoms with Crippen LogP contribution in [0, 0.1) is 0 Å². The normalized spacial score (nSPS) is 10.1. The molecule has 0 saturated heterocycles. The molecule has 5 heteroatoms. The zero-order valence-electron chi connectivity index (χ0n) is 9.66. The summed E-state index contributed by atoms with van der Waals surface area (Å²) in [6.07, 6.45) is 3.24. The Morgan fingerprint density at radius 1 is 1.28 bits per heavy atom. The number of thioether (sulfide) groups is 1. The average Bonchev–Trinajstić information content (AvgIpc) is 2.40. The van der Waals surface area contributed by atoms with Gasteiger partial charge in [0.2, 0.25) is 5.88 Å². The van der Waals surface area contributed by atoms with Crippen LogP contribution in [0.4, 0.5) is 0 Å². The van der Waals surface area contributed by atoms with E-state index < -0.39 is 5.97 Å². The van der Waals surface area contributed by atoms with E-state index in [2.05, 4.69) is 4.98 Å². The van der Waals surface area contributed by atoms with E-state index >= 15 is 0 Å². The minimum Gasteiger partial charge on any atom is -0.478 e. The van der Waals surface area contributed by atoms with Crippen LogP contribution < -0.4 is 4.74 Å². The van der Waals surface area contributed by atoms with Gasteiger partial charge in [-0.15, -0.1) is 11.8 Å². The second-order valence-corrected chi connectivity index (χ2v) is 4.29. The van der Waals surface area contributed by atoms with Crippen LogP contribution in [0.2, 0.25) is 0 Å². The molecule has 1 aromatic heterocycles. The lowest BCUT2D eigenvalue weighted by molar-refractivity contribution is 0.0696. The molecule has 1 aromatic carbocycles. The third-order valence-corrected chi connectivity index (χ3v) is 3.04. The molecule has 0 spiro atoms. The Morgan fingerprint density at radius 3 is 2.67 bits per heavy atom. The number of benzene rings is 1. The minimum absolute atomic E-state index is 0.139. The van der Waals surface area contributed by atoms with Crippen LogP contribution in [0.5, 0.6) is 11.6 Å². The van der Waals surface area contributed by atoms with Crippen molar-refractivity contribution in [3.05, 3.63) is 48.2 Å². The first-order valence-corrected chi connectivity index (χ1v) is 6.43. The Balaban J connectivity index is 2.21. The SMILES string of the molecule is CSc1ccccc1Oc1ccc(C(=O)O)cn1. The molecule has 2 aromatic rings. The molecule has 0 amide bonds. The number of para-hydroxylation sites is 1. The molecule has 1 N–H and O–H groups in total. The number of carbonyl (C=O) groups is 1. The molecule has 0 radical (unpaired) electrons. The molecular weight excluding hydrogens is 250 g/mol. The zero-order valence-corrected chi connectivity index (χ0v) is 10.5. The van der Waals surface area contributed by atoms with Crippen LogP contribution >= 0.6 is 11.8 Å². The lowest BCUT2D eigenvalue weighted by atomic mass is 10.3. The lowest BCUT2D eigenvalue weighted by Gasteiger charge is -2.08. The van der Waals surface area contributed by atoms with Crippen molar-refractivity contribution < 1.29 is 14.6 Å². The molecule has 18 heavy (non-hydrogen) atoms. The number of ether oxygens (including phenoxy) is 1. The highest BCUT2D eigenvalue weighted by atomic mass is 32.2. The molecule has 0 saturated carbocycles. The van der Waals surface area contributed by atoms with Gasteiger partial charge in [-0.2, -0.15) is 0 Å². The maximum atomic E-state index is 10.7. The Morgan fingerprint density at radius 2 is 2.06 bits per heavy atom. The van der Waals surface area contributed by atoms with Crippen molar-refractivity contribution in [1.29, 1.82) is 0 Å². The highest BCUT2D eigenvalue weighted by Gasteiger charge is 2.06. The zero-order chi connectivity index (χ0) is 13.0. The molecule has 1 heterocycles. The van der Waals surface area contributed by atoms with Gasteiger partial charge in [-0.3, -0.25) is 0 Å². The molecule has 0 bridgehead atoms. The van der Waals surface area contributed by atoms with E-state index in [9.17, 15) is 4.79 Å². The summed E-state index contributed by atoms with van der Waals surface area (Å²) in [6.45, 7) is 0. The third kappa shape index (κ3) is 2.81. The number of aromatic nitrogens is 1. The average molecular weight is 261 g/mol. The first-order valence-electron chi connectivity index (χ1n) is 5.21. The van der Waals surface area contributed by atoms with E-state index in [-0.39, 0.29) is 5.56 Å². The Labute approximate surface area is 109 Å². The molecule has 0 atom stereocenters. The van der Waals surface area contributed by atoms with Crippen LogP contribution in [-0.4, -0.2) is 22.3 Å². The number of nitrogens with zero attached hydrogens (tertiary/aromatic N) is 1. The summed E-state index contributed by atoms with van der Waals surface area (Å²) < 4.78 is 5.61. The predicted octanol–water partition coefficient (Wildman–Crippen LogP) is 3.29. The van der Waals surface area contributed by atoms with Crippen molar-refractivity contribution in [1.82, 2.24) is 4.98 Å². The number of carboxylic acid groups (broad SMARTS) is 1. The molecule has 0 fully saturated rings. The summed E-state index contributed by atoms with van der Waals surface area (Å²) in [4.78, 5) is 15.6. The molecule has 0 aliphatic rings. The number of aromatic carboxylic acids is 1. The fraction of sp³-hybridized carbons (Fsp3) is 0.0769. The fourth-order valence-corrected chi connectivity index (χ4v) is 1.91. The van der Waals surface area contributed by atoms with Crippen LogP contribution in [0.15, 0.2) is 47.5 Å². The van der Waals surface area contributed by atoms with Crippen molar-refractivity contribution in [2.45, 2.75) is 4.90 Å².